The van der Waals surface area contributed by atoms with Crippen LogP contribution >= 0.6 is 0 Å². The van der Waals surface area contributed by atoms with Crippen molar-refractivity contribution in [2.45, 2.75) is 36.7 Å². The van der Waals surface area contributed by atoms with Crippen LogP contribution in [0.5, 0.6) is 0 Å². The lowest BCUT2D eigenvalue weighted by Crippen LogP contribution is -2.39. The summed E-state index contributed by atoms with van der Waals surface area (Å²) in [5.41, 5.74) is 1.78. The largest absolute Gasteiger partial charge is 0.361 e. The molecule has 1 aliphatic carbocycles. The Balaban J connectivity index is 1.79. The van der Waals surface area contributed by atoms with E-state index in [1.165, 1.54) is 18.2 Å². The fraction of sp³-hybridized carbons (Fsp3) is 0.438. The molecule has 0 amide bonds. The highest BCUT2D eigenvalue weighted by atomic mass is 32.2. The fourth-order valence-corrected chi connectivity index (χ4v) is 4.28. The van der Waals surface area contributed by atoms with Crippen LogP contribution in [0.2, 0.25) is 0 Å². The summed E-state index contributed by atoms with van der Waals surface area (Å²) in [7, 11) is -0.0329. The topological polar surface area (TPSA) is 75.4 Å². The molecule has 0 fully saturated rings. The smallest absolute Gasteiger partial charge is 0.243 e. The summed E-state index contributed by atoms with van der Waals surface area (Å²) in [6.45, 7) is 0.631. The van der Waals surface area contributed by atoms with E-state index in [9.17, 15) is 12.8 Å². The molecule has 0 saturated carbocycles. The lowest BCUT2D eigenvalue weighted by atomic mass is 9.92. The van der Waals surface area contributed by atoms with Crippen molar-refractivity contribution in [2.75, 3.05) is 14.1 Å². The average molecular weight is 353 g/mol. The summed E-state index contributed by atoms with van der Waals surface area (Å²) in [5, 5.41) is 4.09. The third-order valence-corrected chi connectivity index (χ3v) is 5.59. The minimum Gasteiger partial charge on any atom is -0.361 e. The quantitative estimate of drug-likeness (QED) is 0.886. The van der Waals surface area contributed by atoms with Gasteiger partial charge in [-0.3, -0.25) is 0 Å². The number of aromatic nitrogens is 1. The molecule has 0 bridgehead atoms. The molecule has 2 aromatic rings. The van der Waals surface area contributed by atoms with Gasteiger partial charge in [0.2, 0.25) is 10.0 Å². The summed E-state index contributed by atoms with van der Waals surface area (Å²) in [6, 6.07) is 5.07. The highest BCUT2D eigenvalue weighted by Gasteiger charge is 2.30. The zero-order valence-corrected chi connectivity index (χ0v) is 14.4. The van der Waals surface area contributed by atoms with Crippen LogP contribution in [0.15, 0.2) is 33.7 Å². The van der Waals surface area contributed by atoms with E-state index >= 15 is 0 Å². The summed E-state index contributed by atoms with van der Waals surface area (Å²) in [6.07, 6.45) is 1.70. The second kappa shape index (κ2) is 6.62. The van der Waals surface area contributed by atoms with Crippen LogP contribution in [-0.2, 0) is 29.4 Å². The first kappa shape index (κ1) is 17.1. The van der Waals surface area contributed by atoms with Gasteiger partial charge in [-0.1, -0.05) is 17.3 Å². The molecule has 24 heavy (non-hydrogen) atoms. The standard InChI is InChI=1S/C16H20FN3O3S/c1-20(2)10-14-12-9-11(7-8-15(12)23-18-14)19-24(21,22)16-6-4-3-5-13(16)17/h3-6,11,19H,7-10H2,1-2H3. The van der Waals surface area contributed by atoms with Crippen LogP contribution in [0.4, 0.5) is 4.39 Å². The molecular weight excluding hydrogens is 333 g/mol. The molecule has 6 nitrogen and oxygen atoms in total. The van der Waals surface area contributed by atoms with Crippen molar-refractivity contribution in [1.82, 2.24) is 14.8 Å². The molecule has 130 valence electrons. The highest BCUT2D eigenvalue weighted by molar-refractivity contribution is 7.89. The predicted molar refractivity (Wildman–Crippen MR) is 86.4 cm³/mol. The number of halogens is 1. The van der Waals surface area contributed by atoms with Gasteiger partial charge in [-0.25, -0.2) is 17.5 Å². The third-order valence-electron chi connectivity index (χ3n) is 4.04. The van der Waals surface area contributed by atoms with E-state index in [2.05, 4.69) is 9.88 Å². The lowest BCUT2D eigenvalue weighted by Gasteiger charge is -2.23. The monoisotopic (exact) mass is 353 g/mol. The molecule has 1 atom stereocenters. The number of aryl methyl sites for hydroxylation is 1. The minimum absolute atomic E-state index is 0.303. The number of benzene rings is 1. The first-order valence-electron chi connectivity index (χ1n) is 7.74. The number of nitrogens with zero attached hydrogens (tertiary/aromatic N) is 2. The second-order valence-electron chi connectivity index (χ2n) is 6.26. The third kappa shape index (κ3) is 3.50. The van der Waals surface area contributed by atoms with E-state index in [-0.39, 0.29) is 10.9 Å². The van der Waals surface area contributed by atoms with Crippen molar-refractivity contribution in [2.24, 2.45) is 0 Å². The van der Waals surface area contributed by atoms with E-state index in [1.54, 1.807) is 0 Å². The van der Waals surface area contributed by atoms with Crippen molar-refractivity contribution < 1.29 is 17.3 Å². The Morgan fingerprint density at radius 3 is 2.83 bits per heavy atom. The van der Waals surface area contributed by atoms with Gasteiger partial charge in [0.05, 0.1) is 0 Å². The normalized spacial score (nSPS) is 17.9. The van der Waals surface area contributed by atoms with Gasteiger partial charge in [-0.05, 0) is 39.1 Å². The van der Waals surface area contributed by atoms with Gasteiger partial charge in [0.15, 0.2) is 0 Å². The number of sulfonamides is 1. The van der Waals surface area contributed by atoms with Gasteiger partial charge in [0.25, 0.3) is 0 Å². The Morgan fingerprint density at radius 1 is 1.38 bits per heavy atom. The van der Waals surface area contributed by atoms with Gasteiger partial charge in [-0.2, -0.15) is 0 Å². The first-order chi connectivity index (χ1) is 11.4. The van der Waals surface area contributed by atoms with Crippen molar-refractivity contribution in [3.63, 3.8) is 0 Å². The van der Waals surface area contributed by atoms with Crippen LogP contribution in [0.3, 0.4) is 0 Å². The molecule has 8 heteroatoms. The number of hydrogen-bond acceptors (Lipinski definition) is 5. The number of fused-ring (bicyclic) bond motifs is 1. The zero-order valence-electron chi connectivity index (χ0n) is 13.6. The Kier molecular flexibility index (Phi) is 4.71. The Hall–Kier alpha value is -1.77. The van der Waals surface area contributed by atoms with Gasteiger partial charge >= 0.3 is 0 Å². The van der Waals surface area contributed by atoms with E-state index in [0.29, 0.717) is 25.8 Å². The Labute approximate surface area is 140 Å². The van der Waals surface area contributed by atoms with Gasteiger partial charge < -0.3 is 9.42 Å². The summed E-state index contributed by atoms with van der Waals surface area (Å²) < 4.78 is 46.6. The minimum atomic E-state index is -3.90. The molecular formula is C16H20FN3O3S. The van der Waals surface area contributed by atoms with Crippen LogP contribution in [-0.4, -0.2) is 38.6 Å². The Bertz CT molecular complexity index is 833. The summed E-state index contributed by atoms with van der Waals surface area (Å²) >= 11 is 0. The van der Waals surface area contributed by atoms with Crippen molar-refractivity contribution >= 4 is 10.0 Å². The van der Waals surface area contributed by atoms with E-state index < -0.39 is 15.8 Å². The number of rotatable bonds is 5. The Morgan fingerprint density at radius 2 is 2.12 bits per heavy atom. The summed E-state index contributed by atoms with van der Waals surface area (Å²) in [5.74, 6) is 0.0629. The van der Waals surface area contributed by atoms with Crippen molar-refractivity contribution in [3.8, 4) is 0 Å². The molecule has 0 spiro atoms. The molecule has 1 unspecified atom stereocenters. The molecule has 3 rings (SSSR count). The predicted octanol–water partition coefficient (Wildman–Crippen LogP) is 1.71. The van der Waals surface area contributed by atoms with E-state index in [0.717, 1.165) is 23.1 Å². The number of hydrogen-bond donors (Lipinski definition) is 1. The number of nitrogens with one attached hydrogen (secondary N) is 1. The molecule has 0 saturated heterocycles. The molecule has 1 aromatic carbocycles. The summed E-state index contributed by atoms with van der Waals surface area (Å²) in [4.78, 5) is 1.65. The second-order valence-corrected chi connectivity index (χ2v) is 7.94. The van der Waals surface area contributed by atoms with Crippen LogP contribution < -0.4 is 4.72 Å². The molecule has 0 radical (unpaired) electrons. The van der Waals surface area contributed by atoms with Gasteiger partial charge in [0, 0.05) is 24.6 Å². The van der Waals surface area contributed by atoms with E-state index in [1.807, 2.05) is 19.0 Å². The lowest BCUT2D eigenvalue weighted by molar-refractivity contribution is 0.343. The van der Waals surface area contributed by atoms with Crippen molar-refractivity contribution in [3.05, 3.63) is 47.1 Å². The maximum Gasteiger partial charge on any atom is 0.243 e. The maximum absolute atomic E-state index is 13.8. The molecule has 1 aromatic heterocycles. The first-order valence-corrected chi connectivity index (χ1v) is 9.23. The zero-order chi connectivity index (χ0) is 17.3. The molecule has 1 heterocycles. The highest BCUT2D eigenvalue weighted by Crippen LogP contribution is 2.26. The van der Waals surface area contributed by atoms with E-state index in [4.69, 9.17) is 4.52 Å². The van der Waals surface area contributed by atoms with Gasteiger partial charge in [0.1, 0.15) is 22.2 Å². The average Bonchev–Trinajstić information content (AvgIpc) is 2.89. The molecule has 0 aliphatic heterocycles. The fourth-order valence-electron chi connectivity index (χ4n) is 2.93. The molecule has 1 N–H and O–H groups in total. The van der Waals surface area contributed by atoms with Crippen LogP contribution in [0.25, 0.3) is 0 Å². The van der Waals surface area contributed by atoms with Crippen LogP contribution in [0.1, 0.15) is 23.4 Å². The SMILES string of the molecule is CN(C)Cc1noc2c1CC(NS(=O)(=O)c1ccccc1F)CC2. The van der Waals surface area contributed by atoms with Crippen molar-refractivity contribution in [1.29, 1.82) is 0 Å². The van der Waals surface area contributed by atoms with Crippen LogP contribution in [0, 0.1) is 5.82 Å². The molecule has 1 aliphatic rings. The van der Waals surface area contributed by atoms with Gasteiger partial charge in [-0.15, -0.1) is 0 Å². The maximum atomic E-state index is 13.8.